The number of methoxy groups -OCH3 is 3. The fraction of sp³-hybridized carbons (Fsp3) is 0.364. The summed E-state index contributed by atoms with van der Waals surface area (Å²) in [6.45, 7) is 0.812. The zero-order valence-electron chi connectivity index (χ0n) is 18.5. The molecule has 33 heavy (non-hydrogen) atoms. The Balaban J connectivity index is 1.97. The second-order valence-electron chi connectivity index (χ2n) is 7.31. The van der Waals surface area contributed by atoms with Crippen molar-refractivity contribution in [3.05, 3.63) is 46.5 Å². The van der Waals surface area contributed by atoms with Crippen molar-refractivity contribution in [2.24, 2.45) is 0 Å². The minimum absolute atomic E-state index is 0.0264. The monoisotopic (exact) mass is 496 g/mol. The van der Waals surface area contributed by atoms with Crippen LogP contribution in [-0.4, -0.2) is 59.0 Å². The molecule has 2 aromatic carbocycles. The maximum atomic E-state index is 13.1. The van der Waals surface area contributed by atoms with Crippen LogP contribution in [0.3, 0.4) is 0 Å². The van der Waals surface area contributed by atoms with E-state index in [9.17, 15) is 18.0 Å². The van der Waals surface area contributed by atoms with Gasteiger partial charge in [0.05, 0.1) is 37.6 Å². The van der Waals surface area contributed by atoms with Crippen LogP contribution in [0.25, 0.3) is 0 Å². The van der Waals surface area contributed by atoms with Gasteiger partial charge in [-0.1, -0.05) is 18.0 Å². The van der Waals surface area contributed by atoms with Gasteiger partial charge in [0.15, 0.2) is 11.5 Å². The zero-order valence-corrected chi connectivity index (χ0v) is 20.1. The van der Waals surface area contributed by atoms with E-state index in [-0.39, 0.29) is 38.2 Å². The van der Waals surface area contributed by atoms with E-state index in [1.54, 1.807) is 0 Å². The molecule has 0 spiro atoms. The molecule has 0 saturated carbocycles. The molecule has 0 bridgehead atoms. The van der Waals surface area contributed by atoms with Gasteiger partial charge in [-0.05, 0) is 31.0 Å². The summed E-state index contributed by atoms with van der Waals surface area (Å²) in [6.07, 6.45) is 2.51. The molecule has 0 aliphatic carbocycles. The van der Waals surface area contributed by atoms with Gasteiger partial charge in [-0.2, -0.15) is 4.31 Å². The molecule has 1 fully saturated rings. The molecule has 11 heteroatoms. The molecule has 0 unspecified atom stereocenters. The smallest absolute Gasteiger partial charge is 0.340 e. The summed E-state index contributed by atoms with van der Waals surface area (Å²) in [4.78, 5) is 25.1. The van der Waals surface area contributed by atoms with Crippen molar-refractivity contribution >= 4 is 39.2 Å². The van der Waals surface area contributed by atoms with E-state index < -0.39 is 21.9 Å². The molecule has 9 nitrogen and oxygen atoms in total. The largest absolute Gasteiger partial charge is 0.493 e. The van der Waals surface area contributed by atoms with Gasteiger partial charge in [0, 0.05) is 30.8 Å². The highest BCUT2D eigenvalue weighted by molar-refractivity contribution is 7.89. The first-order valence-electron chi connectivity index (χ1n) is 10.2. The van der Waals surface area contributed by atoms with Gasteiger partial charge in [0.25, 0.3) is 5.91 Å². The predicted octanol–water partition coefficient (Wildman–Crippen LogP) is 3.57. The lowest BCUT2D eigenvalue weighted by Gasteiger charge is -2.26. The van der Waals surface area contributed by atoms with Crippen LogP contribution < -0.4 is 14.8 Å². The van der Waals surface area contributed by atoms with Crippen molar-refractivity contribution in [2.75, 3.05) is 39.7 Å². The van der Waals surface area contributed by atoms with E-state index in [2.05, 4.69) is 5.32 Å². The summed E-state index contributed by atoms with van der Waals surface area (Å²) in [5.41, 5.74) is 0.207. The fourth-order valence-electron chi connectivity index (χ4n) is 3.54. The molecule has 2 aromatic rings. The number of hydrogen-bond donors (Lipinski definition) is 1. The number of carbonyl (C=O) groups excluding carboxylic acids is 2. The van der Waals surface area contributed by atoms with E-state index in [1.807, 2.05) is 0 Å². The number of nitrogens with one attached hydrogen (secondary N) is 1. The van der Waals surface area contributed by atoms with Crippen LogP contribution in [0.15, 0.2) is 35.2 Å². The summed E-state index contributed by atoms with van der Waals surface area (Å²) < 4.78 is 42.8. The summed E-state index contributed by atoms with van der Waals surface area (Å²) in [5, 5.41) is 2.65. The number of halogens is 1. The highest BCUT2D eigenvalue weighted by Gasteiger charge is 2.29. The number of rotatable bonds is 7. The molecule has 0 aromatic heterocycles. The molecular formula is C22H25ClN2O7S. The minimum atomic E-state index is -3.86. The second-order valence-corrected chi connectivity index (χ2v) is 9.62. The van der Waals surface area contributed by atoms with Crippen LogP contribution in [-0.2, 0) is 14.8 Å². The lowest BCUT2D eigenvalue weighted by Crippen LogP contribution is -2.35. The molecule has 3 rings (SSSR count). The predicted molar refractivity (Wildman–Crippen MR) is 123 cm³/mol. The normalized spacial score (nSPS) is 14.4. The Labute approximate surface area is 197 Å². The second kappa shape index (κ2) is 10.4. The molecule has 1 aliphatic heterocycles. The lowest BCUT2D eigenvalue weighted by molar-refractivity contribution is 0.0601. The van der Waals surface area contributed by atoms with Crippen LogP contribution in [0.1, 0.15) is 40.0 Å². The Hall–Kier alpha value is -2.82. The number of piperidine rings is 1. The number of nitrogens with zero attached hydrogens (tertiary/aromatic N) is 1. The number of ether oxygens (including phenoxy) is 3. The van der Waals surface area contributed by atoms with Crippen molar-refractivity contribution in [2.45, 2.75) is 24.2 Å². The van der Waals surface area contributed by atoms with Crippen LogP contribution in [0.5, 0.6) is 11.5 Å². The average Bonchev–Trinajstić information content (AvgIpc) is 2.83. The third-order valence-electron chi connectivity index (χ3n) is 5.30. The molecule has 0 atom stereocenters. The van der Waals surface area contributed by atoms with Gasteiger partial charge in [-0.25, -0.2) is 13.2 Å². The van der Waals surface area contributed by atoms with Gasteiger partial charge in [-0.15, -0.1) is 0 Å². The van der Waals surface area contributed by atoms with Crippen molar-refractivity contribution in [1.82, 2.24) is 4.31 Å². The molecule has 178 valence electrons. The lowest BCUT2D eigenvalue weighted by atomic mass is 10.1. The third kappa shape index (κ3) is 5.23. The summed E-state index contributed by atoms with van der Waals surface area (Å²) >= 11 is 6.19. The van der Waals surface area contributed by atoms with Crippen molar-refractivity contribution in [3.8, 4) is 11.5 Å². The Morgan fingerprint density at radius 2 is 1.61 bits per heavy atom. The molecule has 1 heterocycles. The summed E-state index contributed by atoms with van der Waals surface area (Å²) in [6, 6.07) is 6.81. The highest BCUT2D eigenvalue weighted by Crippen LogP contribution is 2.34. The fourth-order valence-corrected chi connectivity index (χ4v) is 5.56. The molecule has 0 radical (unpaired) electrons. The first-order valence-corrected chi connectivity index (χ1v) is 12.0. The number of carbonyl (C=O) groups is 2. The highest BCUT2D eigenvalue weighted by atomic mass is 35.5. The third-order valence-corrected chi connectivity index (χ3v) is 7.68. The van der Waals surface area contributed by atoms with E-state index in [0.29, 0.717) is 13.1 Å². The standard InChI is InChI=1S/C22H25ClN2O7S/c1-30-18-12-15(22(27)32-3)17(13-19(18)31-2)24-21(26)14-7-8-16(23)20(11-14)33(28,29)25-9-5-4-6-10-25/h7-8,11-13H,4-6,9-10H2,1-3H3,(H,24,26). The number of hydrogen-bond acceptors (Lipinski definition) is 7. The number of benzene rings is 2. The van der Waals surface area contributed by atoms with Gasteiger partial charge >= 0.3 is 5.97 Å². The quantitative estimate of drug-likeness (QED) is 0.583. The molecule has 1 amide bonds. The number of amides is 1. The van der Waals surface area contributed by atoms with Crippen molar-refractivity contribution in [1.29, 1.82) is 0 Å². The maximum Gasteiger partial charge on any atom is 0.340 e. The van der Waals surface area contributed by atoms with E-state index >= 15 is 0 Å². The number of sulfonamides is 1. The zero-order chi connectivity index (χ0) is 24.2. The van der Waals surface area contributed by atoms with E-state index in [1.165, 1.54) is 56.0 Å². The van der Waals surface area contributed by atoms with Gasteiger partial charge in [0.1, 0.15) is 4.90 Å². The molecule has 1 N–H and O–H groups in total. The summed E-state index contributed by atoms with van der Waals surface area (Å²) in [7, 11) is 0.181. The van der Waals surface area contributed by atoms with Crippen LogP contribution in [0.4, 0.5) is 5.69 Å². The Morgan fingerprint density at radius 1 is 0.970 bits per heavy atom. The van der Waals surface area contributed by atoms with Gasteiger partial charge in [-0.3, -0.25) is 4.79 Å². The minimum Gasteiger partial charge on any atom is -0.493 e. The van der Waals surface area contributed by atoms with Crippen LogP contribution in [0, 0.1) is 0 Å². The molecule has 1 aliphatic rings. The number of anilines is 1. The van der Waals surface area contributed by atoms with Crippen molar-refractivity contribution in [3.63, 3.8) is 0 Å². The van der Waals surface area contributed by atoms with Gasteiger partial charge < -0.3 is 19.5 Å². The Kier molecular flexibility index (Phi) is 7.83. The van der Waals surface area contributed by atoms with Crippen LogP contribution >= 0.6 is 11.6 Å². The Bertz CT molecular complexity index is 1160. The average molecular weight is 497 g/mol. The van der Waals surface area contributed by atoms with E-state index in [0.717, 1.165) is 19.3 Å². The van der Waals surface area contributed by atoms with Gasteiger partial charge in [0.2, 0.25) is 10.0 Å². The Morgan fingerprint density at radius 3 is 2.21 bits per heavy atom. The van der Waals surface area contributed by atoms with Crippen LogP contribution in [0.2, 0.25) is 5.02 Å². The topological polar surface area (TPSA) is 111 Å². The first kappa shape index (κ1) is 24.8. The summed E-state index contributed by atoms with van der Waals surface area (Å²) in [5.74, 6) is -0.780. The SMILES string of the molecule is COC(=O)c1cc(OC)c(OC)cc1NC(=O)c1ccc(Cl)c(S(=O)(=O)N2CCCCC2)c1. The number of esters is 1. The maximum absolute atomic E-state index is 13.1. The molecular weight excluding hydrogens is 472 g/mol. The molecule has 1 saturated heterocycles. The van der Waals surface area contributed by atoms with Crippen molar-refractivity contribution < 1.29 is 32.2 Å². The first-order chi connectivity index (χ1) is 15.7. The van der Waals surface area contributed by atoms with E-state index in [4.69, 9.17) is 25.8 Å².